The minimum Gasteiger partial charge on any atom is -0.497 e. The van der Waals surface area contributed by atoms with Crippen molar-refractivity contribution in [1.29, 1.82) is 0 Å². The van der Waals surface area contributed by atoms with Crippen LogP contribution in [0.4, 0.5) is 9.52 Å². The number of fused-ring (bicyclic) bond motifs is 1. The van der Waals surface area contributed by atoms with Crippen molar-refractivity contribution >= 4 is 32.6 Å². The van der Waals surface area contributed by atoms with Crippen LogP contribution in [0.3, 0.4) is 0 Å². The molecule has 4 aromatic rings. The van der Waals surface area contributed by atoms with Crippen LogP contribution in [0.1, 0.15) is 0 Å². The summed E-state index contributed by atoms with van der Waals surface area (Å²) in [4.78, 5) is 18.9. The predicted molar refractivity (Wildman–Crippen MR) is 113 cm³/mol. The Bertz CT molecular complexity index is 1150. The molecule has 0 spiro atoms. The number of hydrogen-bond acceptors (Lipinski definition) is 6. The number of halogens is 1. The lowest BCUT2D eigenvalue weighted by atomic mass is 10.3. The summed E-state index contributed by atoms with van der Waals surface area (Å²) in [6, 6.07) is 13.6. The Kier molecular flexibility index (Phi) is 5.89. The first-order valence-electron chi connectivity index (χ1n) is 9.24. The molecule has 0 aliphatic carbocycles. The third kappa shape index (κ3) is 4.41. The van der Waals surface area contributed by atoms with E-state index in [2.05, 4.69) is 10.1 Å². The van der Waals surface area contributed by atoms with E-state index in [-0.39, 0.29) is 18.0 Å². The molecule has 1 amide bonds. The molecule has 0 aliphatic rings. The smallest absolute Gasteiger partial charge is 0.266 e. The maximum Gasteiger partial charge on any atom is 0.266 e. The van der Waals surface area contributed by atoms with Crippen molar-refractivity contribution in [3.8, 4) is 11.5 Å². The highest BCUT2D eigenvalue weighted by molar-refractivity contribution is 7.22. The molecule has 7 nitrogen and oxygen atoms in total. The van der Waals surface area contributed by atoms with E-state index >= 15 is 0 Å². The zero-order valence-corrected chi connectivity index (χ0v) is 17.0. The predicted octanol–water partition coefficient (Wildman–Crippen LogP) is 3.75. The number of carbonyl (C=O) groups is 1. The van der Waals surface area contributed by atoms with Gasteiger partial charge in [0.1, 0.15) is 22.8 Å². The zero-order valence-electron chi connectivity index (χ0n) is 16.2. The van der Waals surface area contributed by atoms with Crippen LogP contribution in [0.5, 0.6) is 11.5 Å². The largest absolute Gasteiger partial charge is 0.497 e. The Morgan fingerprint density at radius 3 is 2.80 bits per heavy atom. The molecule has 2 heterocycles. The second-order valence-corrected chi connectivity index (χ2v) is 7.37. The van der Waals surface area contributed by atoms with Gasteiger partial charge in [0.2, 0.25) is 0 Å². The van der Waals surface area contributed by atoms with Crippen LogP contribution in [0.25, 0.3) is 10.2 Å². The molecular formula is C21H19FN4O3S. The highest BCUT2D eigenvalue weighted by Gasteiger charge is 2.21. The first-order valence-corrected chi connectivity index (χ1v) is 10.1. The molecule has 0 radical (unpaired) electrons. The molecule has 0 fully saturated rings. The standard InChI is InChI=1S/C21H19FN4O3S/c1-28-15-5-2-6-16(13-15)29-14-19(27)26(12-11-25-10-4-9-23-25)21-24-20-17(22)7-3-8-18(20)30-21/h2-10,13H,11-12,14H2,1H3. The molecular weight excluding hydrogens is 407 g/mol. The summed E-state index contributed by atoms with van der Waals surface area (Å²) < 4.78 is 27.3. The number of anilines is 1. The number of benzene rings is 2. The first-order chi connectivity index (χ1) is 14.6. The third-order valence-electron chi connectivity index (χ3n) is 4.41. The number of methoxy groups -OCH3 is 1. The molecule has 0 saturated heterocycles. The van der Waals surface area contributed by atoms with E-state index < -0.39 is 5.82 Å². The van der Waals surface area contributed by atoms with Gasteiger partial charge in [-0.3, -0.25) is 14.4 Å². The summed E-state index contributed by atoms with van der Waals surface area (Å²) in [5.74, 6) is 0.453. The molecule has 2 aromatic heterocycles. The Hall–Kier alpha value is -3.46. The van der Waals surface area contributed by atoms with Gasteiger partial charge in [-0.2, -0.15) is 5.10 Å². The minimum atomic E-state index is -0.415. The third-order valence-corrected chi connectivity index (χ3v) is 5.45. The van der Waals surface area contributed by atoms with Gasteiger partial charge in [-0.25, -0.2) is 9.37 Å². The van der Waals surface area contributed by atoms with E-state index in [1.807, 2.05) is 12.3 Å². The number of hydrogen-bond donors (Lipinski definition) is 0. The van der Waals surface area contributed by atoms with E-state index in [0.717, 1.165) is 0 Å². The molecule has 30 heavy (non-hydrogen) atoms. The number of nitrogens with zero attached hydrogens (tertiary/aromatic N) is 4. The zero-order chi connectivity index (χ0) is 20.9. The molecule has 9 heteroatoms. The molecule has 2 aromatic carbocycles. The monoisotopic (exact) mass is 426 g/mol. The van der Waals surface area contributed by atoms with Gasteiger partial charge >= 0.3 is 0 Å². The molecule has 0 unspecified atom stereocenters. The Morgan fingerprint density at radius 1 is 1.20 bits per heavy atom. The van der Waals surface area contributed by atoms with Crippen molar-refractivity contribution in [3.05, 3.63) is 66.7 Å². The van der Waals surface area contributed by atoms with Gasteiger partial charge in [0, 0.05) is 25.0 Å². The van der Waals surface area contributed by atoms with Crippen LogP contribution < -0.4 is 14.4 Å². The van der Waals surface area contributed by atoms with Crippen molar-refractivity contribution in [2.24, 2.45) is 0 Å². The highest BCUT2D eigenvalue weighted by Crippen LogP contribution is 2.30. The minimum absolute atomic E-state index is 0.190. The molecule has 0 aliphatic heterocycles. The van der Waals surface area contributed by atoms with Crippen LogP contribution in [0.15, 0.2) is 60.9 Å². The summed E-state index contributed by atoms with van der Waals surface area (Å²) >= 11 is 1.26. The van der Waals surface area contributed by atoms with Gasteiger partial charge in [-0.15, -0.1) is 0 Å². The Balaban J connectivity index is 1.55. The number of rotatable bonds is 8. The number of carbonyl (C=O) groups excluding carboxylic acids is 1. The fourth-order valence-electron chi connectivity index (χ4n) is 2.89. The lowest BCUT2D eigenvalue weighted by Crippen LogP contribution is -2.37. The highest BCUT2D eigenvalue weighted by atomic mass is 32.1. The summed E-state index contributed by atoms with van der Waals surface area (Å²) in [6.45, 7) is 0.602. The van der Waals surface area contributed by atoms with Gasteiger partial charge in [-0.05, 0) is 30.3 Å². The van der Waals surface area contributed by atoms with Gasteiger partial charge in [0.25, 0.3) is 5.91 Å². The van der Waals surface area contributed by atoms with Crippen LogP contribution in [0.2, 0.25) is 0 Å². The second-order valence-electron chi connectivity index (χ2n) is 6.37. The van der Waals surface area contributed by atoms with Crippen molar-refractivity contribution < 1.29 is 18.7 Å². The van der Waals surface area contributed by atoms with Crippen molar-refractivity contribution in [2.45, 2.75) is 6.54 Å². The van der Waals surface area contributed by atoms with E-state index in [9.17, 15) is 9.18 Å². The van der Waals surface area contributed by atoms with E-state index in [0.29, 0.717) is 34.4 Å². The van der Waals surface area contributed by atoms with E-state index in [1.165, 1.54) is 22.3 Å². The first kappa shape index (κ1) is 19.8. The number of para-hydroxylation sites is 1. The quantitative estimate of drug-likeness (QED) is 0.429. The Labute approximate surface area is 176 Å². The Morgan fingerprint density at radius 2 is 2.03 bits per heavy atom. The summed E-state index contributed by atoms with van der Waals surface area (Å²) in [5.41, 5.74) is 0.253. The summed E-state index contributed by atoms with van der Waals surface area (Å²) in [5, 5.41) is 4.59. The van der Waals surface area contributed by atoms with Crippen LogP contribution in [-0.2, 0) is 11.3 Å². The van der Waals surface area contributed by atoms with E-state index in [4.69, 9.17) is 9.47 Å². The fraction of sp³-hybridized carbons (Fsp3) is 0.190. The maximum atomic E-state index is 14.1. The molecule has 0 saturated carbocycles. The van der Waals surface area contributed by atoms with Gasteiger partial charge in [0.05, 0.1) is 18.4 Å². The van der Waals surface area contributed by atoms with Crippen molar-refractivity contribution in [2.75, 3.05) is 25.2 Å². The molecule has 0 bridgehead atoms. The van der Waals surface area contributed by atoms with Gasteiger partial charge in [0.15, 0.2) is 11.7 Å². The average Bonchev–Trinajstić information content (AvgIpc) is 3.43. The molecule has 4 rings (SSSR count). The molecule has 0 N–H and O–H groups in total. The lowest BCUT2D eigenvalue weighted by Gasteiger charge is -2.20. The normalized spacial score (nSPS) is 10.9. The topological polar surface area (TPSA) is 69.5 Å². The number of ether oxygens (including phenoxy) is 2. The molecule has 0 atom stereocenters. The summed E-state index contributed by atoms with van der Waals surface area (Å²) in [7, 11) is 1.56. The van der Waals surface area contributed by atoms with Gasteiger partial charge in [-0.1, -0.05) is 23.5 Å². The maximum absolute atomic E-state index is 14.1. The molecule has 154 valence electrons. The van der Waals surface area contributed by atoms with Crippen molar-refractivity contribution in [3.63, 3.8) is 0 Å². The average molecular weight is 426 g/mol. The fourth-order valence-corrected chi connectivity index (χ4v) is 3.92. The van der Waals surface area contributed by atoms with Crippen LogP contribution in [-0.4, -0.2) is 40.9 Å². The SMILES string of the molecule is COc1cccc(OCC(=O)N(CCn2cccn2)c2nc3c(F)cccc3s2)c1. The van der Waals surface area contributed by atoms with E-state index in [1.54, 1.807) is 54.4 Å². The van der Waals surface area contributed by atoms with Crippen LogP contribution in [0, 0.1) is 5.82 Å². The number of aromatic nitrogens is 3. The second kappa shape index (κ2) is 8.91. The lowest BCUT2D eigenvalue weighted by molar-refractivity contribution is -0.120. The number of amides is 1. The van der Waals surface area contributed by atoms with Crippen molar-refractivity contribution in [1.82, 2.24) is 14.8 Å². The van der Waals surface area contributed by atoms with Gasteiger partial charge < -0.3 is 9.47 Å². The van der Waals surface area contributed by atoms with Crippen LogP contribution >= 0.6 is 11.3 Å². The number of thiazole rings is 1. The summed E-state index contributed by atoms with van der Waals surface area (Å²) in [6.07, 6.45) is 3.48.